The van der Waals surface area contributed by atoms with Crippen LogP contribution >= 0.6 is 0 Å². The molecule has 0 saturated carbocycles. The molecule has 2 rings (SSSR count). The highest BCUT2D eigenvalue weighted by atomic mass is 16.5. The summed E-state index contributed by atoms with van der Waals surface area (Å²) in [6.45, 7) is 5.11. The highest BCUT2D eigenvalue weighted by Gasteiger charge is 2.05. The van der Waals surface area contributed by atoms with E-state index in [1.165, 1.54) is 0 Å². The van der Waals surface area contributed by atoms with Gasteiger partial charge in [0.1, 0.15) is 11.6 Å². The molecule has 1 heterocycles. The Kier molecular flexibility index (Phi) is 3.64. The van der Waals surface area contributed by atoms with E-state index >= 15 is 0 Å². The van der Waals surface area contributed by atoms with Gasteiger partial charge in [-0.2, -0.15) is 0 Å². The number of ether oxygens (including phenoxy) is 1. The summed E-state index contributed by atoms with van der Waals surface area (Å²) in [6, 6.07) is 6.37. The highest BCUT2D eigenvalue weighted by Crippen LogP contribution is 2.18. The lowest BCUT2D eigenvalue weighted by Crippen LogP contribution is -2.24. The topological polar surface area (TPSA) is 49.9 Å². The number of rotatable bonds is 5. The Balaban J connectivity index is 2.14. The lowest BCUT2D eigenvalue weighted by atomic mass is 10.2. The number of aromatic nitrogens is 2. The maximum atomic E-state index is 5.18. The molecule has 0 bridgehead atoms. The largest absolute Gasteiger partial charge is 0.497 e. The summed E-state index contributed by atoms with van der Waals surface area (Å²) in [5.74, 6) is 1.82. The van der Waals surface area contributed by atoms with E-state index in [0.29, 0.717) is 6.04 Å². The van der Waals surface area contributed by atoms with E-state index in [9.17, 15) is 0 Å². The molecule has 0 fully saturated rings. The van der Waals surface area contributed by atoms with Crippen LogP contribution in [0, 0.1) is 0 Å². The van der Waals surface area contributed by atoms with Crippen molar-refractivity contribution in [3.8, 4) is 5.75 Å². The molecule has 1 aromatic carbocycles. The third kappa shape index (κ3) is 2.77. The number of imidazole rings is 1. The molecule has 0 amide bonds. The van der Waals surface area contributed by atoms with Crippen LogP contribution in [-0.4, -0.2) is 23.1 Å². The second-order valence-electron chi connectivity index (χ2n) is 4.26. The first-order chi connectivity index (χ1) is 8.22. The van der Waals surface area contributed by atoms with Crippen LogP contribution in [0.4, 0.5) is 0 Å². The first-order valence-electron chi connectivity index (χ1n) is 5.99. The Morgan fingerprint density at radius 3 is 3.00 bits per heavy atom. The van der Waals surface area contributed by atoms with Crippen molar-refractivity contribution in [1.82, 2.24) is 15.3 Å². The zero-order valence-electron chi connectivity index (χ0n) is 10.6. The van der Waals surface area contributed by atoms with Gasteiger partial charge < -0.3 is 15.0 Å². The summed E-state index contributed by atoms with van der Waals surface area (Å²) >= 11 is 0. The molecule has 0 spiro atoms. The lowest BCUT2D eigenvalue weighted by molar-refractivity contribution is 0.415. The molecule has 17 heavy (non-hydrogen) atoms. The van der Waals surface area contributed by atoms with Gasteiger partial charge >= 0.3 is 0 Å². The predicted molar refractivity (Wildman–Crippen MR) is 69.2 cm³/mol. The van der Waals surface area contributed by atoms with Gasteiger partial charge in [0, 0.05) is 12.1 Å². The van der Waals surface area contributed by atoms with Crippen LogP contribution < -0.4 is 10.1 Å². The fourth-order valence-electron chi connectivity index (χ4n) is 1.67. The number of methoxy groups -OCH3 is 1. The fourth-order valence-corrected chi connectivity index (χ4v) is 1.67. The number of nitrogens with zero attached hydrogens (tertiary/aromatic N) is 1. The third-order valence-electron chi connectivity index (χ3n) is 2.97. The zero-order valence-corrected chi connectivity index (χ0v) is 10.6. The van der Waals surface area contributed by atoms with E-state index < -0.39 is 0 Å². The van der Waals surface area contributed by atoms with Crippen molar-refractivity contribution in [2.24, 2.45) is 0 Å². The second-order valence-corrected chi connectivity index (χ2v) is 4.26. The molecule has 0 aliphatic carbocycles. The van der Waals surface area contributed by atoms with Gasteiger partial charge in [-0.05, 0) is 25.5 Å². The molecular weight excluding hydrogens is 214 g/mol. The van der Waals surface area contributed by atoms with E-state index in [4.69, 9.17) is 4.74 Å². The maximum absolute atomic E-state index is 5.18. The molecular formula is C13H19N3O. The first kappa shape index (κ1) is 11.9. The number of fused-ring (bicyclic) bond motifs is 1. The van der Waals surface area contributed by atoms with Crippen molar-refractivity contribution in [3.05, 3.63) is 24.0 Å². The predicted octanol–water partition coefficient (Wildman–Crippen LogP) is 2.46. The zero-order chi connectivity index (χ0) is 12.3. The van der Waals surface area contributed by atoms with E-state index in [0.717, 1.165) is 35.6 Å². The molecule has 1 atom stereocenters. The van der Waals surface area contributed by atoms with Gasteiger partial charge in [0.25, 0.3) is 0 Å². The Morgan fingerprint density at radius 2 is 2.29 bits per heavy atom. The van der Waals surface area contributed by atoms with Gasteiger partial charge in [0.05, 0.1) is 24.7 Å². The summed E-state index contributed by atoms with van der Waals surface area (Å²) in [5.41, 5.74) is 2.00. The van der Waals surface area contributed by atoms with Gasteiger partial charge in [-0.25, -0.2) is 4.98 Å². The highest BCUT2D eigenvalue weighted by molar-refractivity contribution is 5.76. The molecule has 2 N–H and O–H groups in total. The number of aromatic amines is 1. The molecule has 0 aliphatic rings. The number of hydrogen-bond acceptors (Lipinski definition) is 3. The fraction of sp³-hybridized carbons (Fsp3) is 0.462. The van der Waals surface area contributed by atoms with E-state index in [2.05, 4.69) is 29.1 Å². The van der Waals surface area contributed by atoms with Crippen molar-refractivity contribution in [2.45, 2.75) is 32.9 Å². The van der Waals surface area contributed by atoms with Gasteiger partial charge in [0.2, 0.25) is 0 Å². The summed E-state index contributed by atoms with van der Waals surface area (Å²) in [5, 5.41) is 3.41. The van der Waals surface area contributed by atoms with Crippen molar-refractivity contribution in [3.63, 3.8) is 0 Å². The minimum Gasteiger partial charge on any atom is -0.497 e. The van der Waals surface area contributed by atoms with Gasteiger partial charge in [0.15, 0.2) is 0 Å². The van der Waals surface area contributed by atoms with Crippen LogP contribution in [0.3, 0.4) is 0 Å². The van der Waals surface area contributed by atoms with Crippen LogP contribution in [0.15, 0.2) is 18.2 Å². The number of hydrogen-bond donors (Lipinski definition) is 2. The first-order valence-corrected chi connectivity index (χ1v) is 5.99. The standard InChI is InChI=1S/C13H19N3O/c1-4-9(2)14-8-13-15-11-6-5-10(17-3)7-12(11)16-13/h5-7,9,14H,4,8H2,1-3H3,(H,15,16). The number of nitrogens with one attached hydrogen (secondary N) is 2. The van der Waals surface area contributed by atoms with Crippen LogP contribution in [0.5, 0.6) is 5.75 Å². The molecule has 0 aliphatic heterocycles. The smallest absolute Gasteiger partial charge is 0.121 e. The van der Waals surface area contributed by atoms with Gasteiger partial charge in [-0.1, -0.05) is 6.92 Å². The van der Waals surface area contributed by atoms with Crippen molar-refractivity contribution in [2.75, 3.05) is 7.11 Å². The SMILES string of the molecule is CCC(C)NCc1nc2ccc(OC)cc2[nH]1. The van der Waals surface area contributed by atoms with E-state index in [1.807, 2.05) is 18.2 Å². The second kappa shape index (κ2) is 5.19. The summed E-state index contributed by atoms with van der Waals surface area (Å²) in [6.07, 6.45) is 1.12. The quantitative estimate of drug-likeness (QED) is 0.834. The van der Waals surface area contributed by atoms with Crippen LogP contribution in [0.25, 0.3) is 11.0 Å². The molecule has 4 nitrogen and oxygen atoms in total. The Morgan fingerprint density at radius 1 is 1.47 bits per heavy atom. The van der Waals surface area contributed by atoms with Crippen molar-refractivity contribution < 1.29 is 4.74 Å². The Hall–Kier alpha value is -1.55. The number of H-pyrrole nitrogens is 1. The average molecular weight is 233 g/mol. The van der Waals surface area contributed by atoms with Crippen LogP contribution in [-0.2, 0) is 6.54 Å². The molecule has 1 aromatic heterocycles. The van der Waals surface area contributed by atoms with Gasteiger partial charge in [-0.3, -0.25) is 0 Å². The number of benzene rings is 1. The van der Waals surface area contributed by atoms with Crippen LogP contribution in [0.1, 0.15) is 26.1 Å². The monoisotopic (exact) mass is 233 g/mol. The average Bonchev–Trinajstić information content (AvgIpc) is 2.77. The third-order valence-corrected chi connectivity index (χ3v) is 2.97. The van der Waals surface area contributed by atoms with Crippen LogP contribution in [0.2, 0.25) is 0 Å². The maximum Gasteiger partial charge on any atom is 0.121 e. The molecule has 1 unspecified atom stereocenters. The Labute approximate surface area is 101 Å². The van der Waals surface area contributed by atoms with Crippen molar-refractivity contribution in [1.29, 1.82) is 0 Å². The normalized spacial score (nSPS) is 12.9. The summed E-state index contributed by atoms with van der Waals surface area (Å²) < 4.78 is 5.18. The lowest BCUT2D eigenvalue weighted by Gasteiger charge is -2.08. The van der Waals surface area contributed by atoms with E-state index in [-0.39, 0.29) is 0 Å². The summed E-state index contributed by atoms with van der Waals surface area (Å²) in [4.78, 5) is 7.82. The molecule has 0 saturated heterocycles. The molecule has 0 radical (unpaired) electrons. The van der Waals surface area contributed by atoms with Crippen molar-refractivity contribution >= 4 is 11.0 Å². The minimum absolute atomic E-state index is 0.512. The summed E-state index contributed by atoms with van der Waals surface area (Å²) in [7, 11) is 1.67. The minimum atomic E-state index is 0.512. The molecule has 4 heteroatoms. The van der Waals surface area contributed by atoms with E-state index in [1.54, 1.807) is 7.11 Å². The molecule has 2 aromatic rings. The Bertz CT molecular complexity index is 492. The molecule has 92 valence electrons. The van der Waals surface area contributed by atoms with Gasteiger partial charge in [-0.15, -0.1) is 0 Å².